The van der Waals surface area contributed by atoms with E-state index in [0.717, 1.165) is 23.9 Å². The smallest absolute Gasteiger partial charge is 0.192 e. The molecular weight excluding hydrogens is 264 g/mol. The lowest BCUT2D eigenvalue weighted by Crippen LogP contribution is -2.07. The zero-order valence-electron chi connectivity index (χ0n) is 11.2. The molecule has 21 heavy (non-hydrogen) atoms. The van der Waals surface area contributed by atoms with E-state index in [1.807, 2.05) is 6.07 Å². The van der Waals surface area contributed by atoms with Crippen LogP contribution in [0.3, 0.4) is 0 Å². The van der Waals surface area contributed by atoms with Crippen LogP contribution in [0.2, 0.25) is 0 Å². The Hall–Kier alpha value is -2.87. The second kappa shape index (κ2) is 4.32. The number of hydrogen-bond acceptors (Lipinski definition) is 3. The summed E-state index contributed by atoms with van der Waals surface area (Å²) in [4.78, 5) is 19.6. The summed E-state index contributed by atoms with van der Waals surface area (Å²) < 4.78 is 2.13. The highest BCUT2D eigenvalue weighted by atomic mass is 16.1. The maximum atomic E-state index is 12.1. The van der Waals surface area contributed by atoms with Crippen LogP contribution in [-0.2, 0) is 0 Å². The number of aromatic amines is 1. The van der Waals surface area contributed by atoms with Gasteiger partial charge in [0, 0.05) is 24.5 Å². The molecule has 0 spiro atoms. The van der Waals surface area contributed by atoms with Gasteiger partial charge in [0.15, 0.2) is 5.43 Å². The van der Waals surface area contributed by atoms with Crippen molar-refractivity contribution >= 4 is 11.0 Å². The van der Waals surface area contributed by atoms with Crippen molar-refractivity contribution < 1.29 is 0 Å². The van der Waals surface area contributed by atoms with Crippen molar-refractivity contribution in [1.29, 1.82) is 5.26 Å². The van der Waals surface area contributed by atoms with Gasteiger partial charge in [-0.25, -0.2) is 4.98 Å². The number of rotatable bonds is 2. The van der Waals surface area contributed by atoms with Crippen LogP contribution in [0.5, 0.6) is 0 Å². The van der Waals surface area contributed by atoms with Gasteiger partial charge in [0.25, 0.3) is 0 Å². The van der Waals surface area contributed by atoms with E-state index in [9.17, 15) is 4.79 Å². The van der Waals surface area contributed by atoms with E-state index >= 15 is 0 Å². The number of nitrogens with zero attached hydrogens (tertiary/aromatic N) is 3. The van der Waals surface area contributed by atoms with Gasteiger partial charge in [-0.3, -0.25) is 4.79 Å². The number of hydrogen-bond donors (Lipinski definition) is 1. The molecule has 1 aliphatic carbocycles. The molecule has 5 nitrogen and oxygen atoms in total. The molecule has 0 saturated heterocycles. The Kier molecular flexibility index (Phi) is 2.45. The quantitative estimate of drug-likeness (QED) is 0.781. The molecule has 4 rings (SSSR count). The zero-order chi connectivity index (χ0) is 14.4. The van der Waals surface area contributed by atoms with Crippen molar-refractivity contribution in [2.24, 2.45) is 0 Å². The van der Waals surface area contributed by atoms with Gasteiger partial charge < -0.3 is 9.55 Å². The van der Waals surface area contributed by atoms with Crippen LogP contribution < -0.4 is 5.43 Å². The number of aromatic nitrogens is 3. The number of pyridine rings is 1. The summed E-state index contributed by atoms with van der Waals surface area (Å²) in [5.41, 5.74) is 2.84. The summed E-state index contributed by atoms with van der Waals surface area (Å²) in [5.74, 6) is 0.685. The first-order valence-electron chi connectivity index (χ1n) is 6.87. The minimum absolute atomic E-state index is 0.0496. The monoisotopic (exact) mass is 276 g/mol. The van der Waals surface area contributed by atoms with E-state index in [0.29, 0.717) is 23.0 Å². The minimum Gasteiger partial charge on any atom is -0.367 e. The Balaban J connectivity index is 2.05. The average molecular weight is 276 g/mol. The lowest BCUT2D eigenvalue weighted by atomic mass is 10.2. The molecular formula is C16H12N4O. The molecule has 0 unspecified atom stereocenters. The van der Waals surface area contributed by atoms with Crippen molar-refractivity contribution in [3.8, 4) is 17.5 Å². The summed E-state index contributed by atoms with van der Waals surface area (Å²) in [6.45, 7) is 0. The van der Waals surface area contributed by atoms with Crippen molar-refractivity contribution in [1.82, 2.24) is 14.5 Å². The van der Waals surface area contributed by atoms with Gasteiger partial charge in [0.2, 0.25) is 0 Å². The third-order valence-electron chi connectivity index (χ3n) is 3.80. The van der Waals surface area contributed by atoms with Crippen molar-refractivity contribution in [3.63, 3.8) is 0 Å². The Morgan fingerprint density at radius 3 is 2.90 bits per heavy atom. The number of nitrogens with one attached hydrogen (secondary N) is 1. The summed E-state index contributed by atoms with van der Waals surface area (Å²) in [7, 11) is 0. The van der Waals surface area contributed by atoms with E-state index in [2.05, 4.69) is 20.6 Å². The minimum atomic E-state index is -0.0496. The van der Waals surface area contributed by atoms with Crippen LogP contribution in [0.4, 0.5) is 0 Å². The van der Waals surface area contributed by atoms with E-state index in [1.165, 1.54) is 6.07 Å². The highest BCUT2D eigenvalue weighted by molar-refractivity contribution is 5.82. The molecule has 2 heterocycles. The van der Waals surface area contributed by atoms with Gasteiger partial charge in [0.05, 0.1) is 28.2 Å². The molecule has 1 fully saturated rings. The normalized spacial score (nSPS) is 14.2. The Bertz CT molecular complexity index is 941. The van der Waals surface area contributed by atoms with E-state index in [4.69, 9.17) is 5.26 Å². The molecule has 1 aromatic carbocycles. The first-order chi connectivity index (χ1) is 10.3. The number of nitriles is 1. The number of benzene rings is 1. The van der Waals surface area contributed by atoms with E-state index < -0.39 is 0 Å². The zero-order valence-corrected chi connectivity index (χ0v) is 11.2. The van der Waals surface area contributed by atoms with Crippen LogP contribution in [0.25, 0.3) is 22.4 Å². The number of imidazole rings is 1. The fraction of sp³-hybridized carbons (Fsp3) is 0.188. The van der Waals surface area contributed by atoms with Gasteiger partial charge in [-0.15, -0.1) is 0 Å². The molecule has 0 atom stereocenters. The first-order valence-corrected chi connectivity index (χ1v) is 6.87. The van der Waals surface area contributed by atoms with Gasteiger partial charge in [0.1, 0.15) is 5.82 Å². The van der Waals surface area contributed by atoms with Crippen LogP contribution in [-0.4, -0.2) is 14.5 Å². The van der Waals surface area contributed by atoms with Crippen molar-refractivity contribution in [2.75, 3.05) is 0 Å². The van der Waals surface area contributed by atoms with Crippen LogP contribution in [0, 0.1) is 11.3 Å². The summed E-state index contributed by atoms with van der Waals surface area (Å²) in [6.07, 6.45) is 5.50. The number of H-pyrrole nitrogens is 1. The van der Waals surface area contributed by atoms with Gasteiger partial charge in [-0.2, -0.15) is 5.26 Å². The summed E-state index contributed by atoms with van der Waals surface area (Å²) in [5, 5.41) is 9.02. The van der Waals surface area contributed by atoms with E-state index in [-0.39, 0.29) is 5.43 Å². The molecule has 1 saturated carbocycles. The highest BCUT2D eigenvalue weighted by Crippen LogP contribution is 2.40. The van der Waals surface area contributed by atoms with Crippen molar-refractivity contribution in [3.05, 3.63) is 52.4 Å². The highest BCUT2D eigenvalue weighted by Gasteiger charge is 2.29. The molecule has 1 aliphatic rings. The molecule has 1 N–H and O–H groups in total. The lowest BCUT2D eigenvalue weighted by Gasteiger charge is -2.06. The second-order valence-electron chi connectivity index (χ2n) is 5.27. The first kappa shape index (κ1) is 11.9. The lowest BCUT2D eigenvalue weighted by molar-refractivity contribution is 0.774. The van der Waals surface area contributed by atoms with Gasteiger partial charge in [-0.05, 0) is 31.0 Å². The maximum Gasteiger partial charge on any atom is 0.192 e. The average Bonchev–Trinajstić information content (AvgIpc) is 3.27. The molecule has 102 valence electrons. The molecule has 0 bridgehead atoms. The van der Waals surface area contributed by atoms with Gasteiger partial charge >= 0.3 is 0 Å². The molecule has 0 amide bonds. The summed E-state index contributed by atoms with van der Waals surface area (Å²) in [6, 6.07) is 9.52. The molecule has 2 aromatic heterocycles. The Morgan fingerprint density at radius 2 is 2.19 bits per heavy atom. The predicted molar refractivity (Wildman–Crippen MR) is 78.8 cm³/mol. The number of fused-ring (bicyclic) bond motifs is 1. The molecule has 0 radical (unpaired) electrons. The largest absolute Gasteiger partial charge is 0.367 e. The summed E-state index contributed by atoms with van der Waals surface area (Å²) >= 11 is 0. The SMILES string of the molecule is N#Cc1ccc2c(c1)nc(-c1c[nH]ccc1=O)n2C1CC1. The fourth-order valence-electron chi connectivity index (χ4n) is 2.65. The predicted octanol–water partition coefficient (Wildman–Crippen LogP) is 2.60. The Morgan fingerprint density at radius 1 is 1.33 bits per heavy atom. The third kappa shape index (κ3) is 1.84. The standard InChI is InChI=1S/C16H12N4O/c17-8-10-1-4-14-13(7-10)19-16(20(14)11-2-3-11)12-9-18-6-5-15(12)21/h1,4-7,9,11H,2-3H2,(H,18,21). The topological polar surface area (TPSA) is 74.5 Å². The maximum absolute atomic E-state index is 12.1. The molecule has 3 aromatic rings. The van der Waals surface area contributed by atoms with Crippen molar-refractivity contribution in [2.45, 2.75) is 18.9 Å². The van der Waals surface area contributed by atoms with Crippen LogP contribution in [0.1, 0.15) is 24.4 Å². The Labute approximate surface area is 120 Å². The third-order valence-corrected chi connectivity index (χ3v) is 3.80. The van der Waals surface area contributed by atoms with Gasteiger partial charge in [-0.1, -0.05) is 0 Å². The second-order valence-corrected chi connectivity index (χ2v) is 5.27. The van der Waals surface area contributed by atoms with Crippen LogP contribution >= 0.6 is 0 Å². The van der Waals surface area contributed by atoms with E-state index in [1.54, 1.807) is 24.5 Å². The molecule has 0 aliphatic heterocycles. The van der Waals surface area contributed by atoms with Crippen LogP contribution in [0.15, 0.2) is 41.5 Å². The fourth-order valence-corrected chi connectivity index (χ4v) is 2.65. The molecule has 5 heteroatoms.